The van der Waals surface area contributed by atoms with Crippen molar-refractivity contribution in [1.82, 2.24) is 10.1 Å². The second kappa shape index (κ2) is 5.71. The average molecular weight is 326 g/mol. The molecular formula is C13H16BrN3O2. The molecule has 0 atom stereocenters. The topological polar surface area (TPSA) is 74.2 Å². The molecule has 102 valence electrons. The largest absolute Gasteiger partial charge is 0.496 e. The summed E-state index contributed by atoms with van der Waals surface area (Å²) in [6, 6.07) is 3.87. The Balaban J connectivity index is 2.51. The Kier molecular flexibility index (Phi) is 4.21. The number of hydrogen-bond acceptors (Lipinski definition) is 5. The molecule has 2 N–H and O–H groups in total. The minimum Gasteiger partial charge on any atom is -0.496 e. The lowest BCUT2D eigenvalue weighted by Crippen LogP contribution is -1.98. The van der Waals surface area contributed by atoms with Crippen molar-refractivity contribution in [2.45, 2.75) is 26.3 Å². The smallest absolute Gasteiger partial charge is 0.240 e. The van der Waals surface area contributed by atoms with Crippen molar-refractivity contribution in [3.63, 3.8) is 0 Å². The molecule has 1 aromatic carbocycles. The van der Waals surface area contributed by atoms with Crippen molar-refractivity contribution < 1.29 is 9.26 Å². The van der Waals surface area contributed by atoms with E-state index in [1.807, 2.05) is 12.1 Å². The van der Waals surface area contributed by atoms with E-state index in [-0.39, 0.29) is 6.54 Å². The van der Waals surface area contributed by atoms with Crippen LogP contribution in [-0.4, -0.2) is 17.3 Å². The van der Waals surface area contributed by atoms with Crippen molar-refractivity contribution in [3.05, 3.63) is 28.1 Å². The molecule has 19 heavy (non-hydrogen) atoms. The van der Waals surface area contributed by atoms with E-state index in [1.165, 1.54) is 0 Å². The van der Waals surface area contributed by atoms with Crippen LogP contribution in [0.4, 0.5) is 0 Å². The molecule has 1 aromatic heterocycles. The van der Waals surface area contributed by atoms with E-state index in [9.17, 15) is 0 Å². The van der Waals surface area contributed by atoms with Gasteiger partial charge >= 0.3 is 0 Å². The maximum Gasteiger partial charge on any atom is 0.240 e. The summed E-state index contributed by atoms with van der Waals surface area (Å²) in [5.41, 5.74) is 7.41. The number of nitrogens with two attached hydrogens (primary N) is 1. The van der Waals surface area contributed by atoms with Crippen LogP contribution in [-0.2, 0) is 6.54 Å². The van der Waals surface area contributed by atoms with Gasteiger partial charge in [-0.15, -0.1) is 0 Å². The Morgan fingerprint density at radius 1 is 1.42 bits per heavy atom. The van der Waals surface area contributed by atoms with Crippen LogP contribution in [0.2, 0.25) is 0 Å². The summed E-state index contributed by atoms with van der Waals surface area (Å²) in [6.07, 6.45) is 0. The summed E-state index contributed by atoms with van der Waals surface area (Å²) in [4.78, 5) is 4.21. The predicted octanol–water partition coefficient (Wildman–Crippen LogP) is 3.09. The fourth-order valence-electron chi connectivity index (χ4n) is 1.91. The summed E-state index contributed by atoms with van der Waals surface area (Å²) in [6.45, 7) is 4.46. The highest BCUT2D eigenvalue weighted by molar-refractivity contribution is 9.10. The molecule has 0 bridgehead atoms. The first kappa shape index (κ1) is 14.0. The van der Waals surface area contributed by atoms with E-state index in [4.69, 9.17) is 15.0 Å². The molecule has 2 aromatic rings. The van der Waals surface area contributed by atoms with E-state index in [2.05, 4.69) is 39.9 Å². The highest BCUT2D eigenvalue weighted by Gasteiger charge is 2.16. The molecule has 0 spiro atoms. The van der Waals surface area contributed by atoms with Gasteiger partial charge in [-0.2, -0.15) is 4.98 Å². The van der Waals surface area contributed by atoms with Crippen LogP contribution in [0.25, 0.3) is 11.4 Å². The van der Waals surface area contributed by atoms with Gasteiger partial charge in [0.2, 0.25) is 11.7 Å². The molecule has 0 amide bonds. The molecule has 0 saturated heterocycles. The molecule has 0 saturated carbocycles. The fourth-order valence-corrected chi connectivity index (χ4v) is 2.81. The lowest BCUT2D eigenvalue weighted by molar-refractivity contribution is 0.380. The average Bonchev–Trinajstić information content (AvgIpc) is 2.85. The van der Waals surface area contributed by atoms with Gasteiger partial charge in [-0.1, -0.05) is 34.9 Å². The lowest BCUT2D eigenvalue weighted by atomic mass is 10.00. The standard InChI is InChI=1S/C13H16BrN3O2/c1-7(2)12-9(14)4-8(5-10(12)18-3)13-16-11(6-15)19-17-13/h4-5,7H,6,15H2,1-3H3. The van der Waals surface area contributed by atoms with Crippen LogP contribution in [0.1, 0.15) is 31.2 Å². The summed E-state index contributed by atoms with van der Waals surface area (Å²) >= 11 is 3.57. The van der Waals surface area contributed by atoms with Gasteiger partial charge in [0.15, 0.2) is 0 Å². The van der Waals surface area contributed by atoms with Gasteiger partial charge in [0.05, 0.1) is 13.7 Å². The summed E-state index contributed by atoms with van der Waals surface area (Å²) < 4.78 is 11.4. The first-order chi connectivity index (χ1) is 9.06. The van der Waals surface area contributed by atoms with Crippen molar-refractivity contribution >= 4 is 15.9 Å². The molecule has 5 nitrogen and oxygen atoms in total. The van der Waals surface area contributed by atoms with E-state index < -0.39 is 0 Å². The van der Waals surface area contributed by atoms with E-state index in [0.29, 0.717) is 17.6 Å². The molecule has 0 radical (unpaired) electrons. The van der Waals surface area contributed by atoms with Crippen molar-refractivity contribution in [2.75, 3.05) is 7.11 Å². The monoisotopic (exact) mass is 325 g/mol. The number of nitrogens with zero attached hydrogens (tertiary/aromatic N) is 2. The highest BCUT2D eigenvalue weighted by atomic mass is 79.9. The Hall–Kier alpha value is -1.40. The second-order valence-electron chi connectivity index (χ2n) is 4.44. The predicted molar refractivity (Wildman–Crippen MR) is 76.0 cm³/mol. The number of benzene rings is 1. The zero-order valence-electron chi connectivity index (χ0n) is 11.1. The lowest BCUT2D eigenvalue weighted by Gasteiger charge is -2.14. The third-order valence-electron chi connectivity index (χ3n) is 2.79. The van der Waals surface area contributed by atoms with Crippen LogP contribution in [0.3, 0.4) is 0 Å². The van der Waals surface area contributed by atoms with Crippen molar-refractivity contribution in [3.8, 4) is 17.1 Å². The quantitative estimate of drug-likeness (QED) is 0.934. The maximum absolute atomic E-state index is 5.46. The Labute approximate surface area is 120 Å². The van der Waals surface area contributed by atoms with Gasteiger partial charge in [0.1, 0.15) is 5.75 Å². The minimum absolute atomic E-state index is 0.232. The summed E-state index contributed by atoms with van der Waals surface area (Å²) in [7, 11) is 1.65. The van der Waals surface area contributed by atoms with Gasteiger partial charge in [0.25, 0.3) is 0 Å². The molecule has 0 fully saturated rings. The zero-order valence-corrected chi connectivity index (χ0v) is 12.7. The van der Waals surface area contributed by atoms with Crippen LogP contribution < -0.4 is 10.5 Å². The third-order valence-corrected chi connectivity index (χ3v) is 3.45. The molecule has 0 unspecified atom stereocenters. The number of hydrogen-bond donors (Lipinski definition) is 1. The Morgan fingerprint density at radius 3 is 2.68 bits per heavy atom. The van der Waals surface area contributed by atoms with Crippen LogP contribution in [0.15, 0.2) is 21.1 Å². The Bertz CT molecular complexity index is 581. The molecule has 0 aliphatic heterocycles. The SMILES string of the molecule is COc1cc(-c2noc(CN)n2)cc(Br)c1C(C)C. The van der Waals surface area contributed by atoms with Crippen LogP contribution >= 0.6 is 15.9 Å². The molecule has 0 aliphatic rings. The van der Waals surface area contributed by atoms with Gasteiger partial charge in [-0.25, -0.2) is 0 Å². The van der Waals surface area contributed by atoms with Gasteiger partial charge in [0, 0.05) is 15.6 Å². The van der Waals surface area contributed by atoms with E-state index in [0.717, 1.165) is 21.3 Å². The third kappa shape index (κ3) is 2.79. The van der Waals surface area contributed by atoms with Gasteiger partial charge < -0.3 is 15.0 Å². The normalized spacial score (nSPS) is 11.1. The van der Waals surface area contributed by atoms with Crippen molar-refractivity contribution in [1.29, 1.82) is 0 Å². The zero-order chi connectivity index (χ0) is 14.0. The number of ether oxygens (including phenoxy) is 1. The minimum atomic E-state index is 0.232. The van der Waals surface area contributed by atoms with E-state index >= 15 is 0 Å². The second-order valence-corrected chi connectivity index (χ2v) is 5.30. The Morgan fingerprint density at radius 2 is 2.16 bits per heavy atom. The number of methoxy groups -OCH3 is 1. The fraction of sp³-hybridized carbons (Fsp3) is 0.385. The molecule has 2 rings (SSSR count). The van der Waals surface area contributed by atoms with Gasteiger partial charge in [-0.3, -0.25) is 0 Å². The maximum atomic E-state index is 5.46. The van der Waals surface area contributed by atoms with Crippen molar-refractivity contribution in [2.24, 2.45) is 5.73 Å². The molecular weight excluding hydrogens is 310 g/mol. The molecule has 0 aliphatic carbocycles. The van der Waals surface area contributed by atoms with Crippen LogP contribution in [0, 0.1) is 0 Å². The molecule has 1 heterocycles. The molecule has 6 heteroatoms. The summed E-state index contributed by atoms with van der Waals surface area (Å²) in [5.74, 6) is 2.08. The van der Waals surface area contributed by atoms with Crippen LogP contribution in [0.5, 0.6) is 5.75 Å². The number of halogens is 1. The van der Waals surface area contributed by atoms with E-state index in [1.54, 1.807) is 7.11 Å². The number of aromatic nitrogens is 2. The first-order valence-electron chi connectivity index (χ1n) is 5.97. The highest BCUT2D eigenvalue weighted by Crippen LogP contribution is 2.37. The number of rotatable bonds is 4. The summed E-state index contributed by atoms with van der Waals surface area (Å²) in [5, 5.41) is 3.91. The first-order valence-corrected chi connectivity index (χ1v) is 6.76. The van der Waals surface area contributed by atoms with Gasteiger partial charge in [-0.05, 0) is 18.1 Å².